The molecule has 0 saturated carbocycles. The van der Waals surface area contributed by atoms with Crippen molar-refractivity contribution in [1.29, 1.82) is 0 Å². The number of carbonyl (C=O) groups excluding carboxylic acids is 1. The quantitative estimate of drug-likeness (QED) is 0.641. The first kappa shape index (κ1) is 8.10. The maximum Gasteiger partial charge on any atom is 0.327 e. The summed E-state index contributed by atoms with van der Waals surface area (Å²) in [6, 6.07) is 9.78. The van der Waals surface area contributed by atoms with Gasteiger partial charge in [-0.2, -0.15) is 0 Å². The molecule has 2 rings (SSSR count). The van der Waals surface area contributed by atoms with Gasteiger partial charge in [-0.05, 0) is 19.1 Å². The van der Waals surface area contributed by atoms with Gasteiger partial charge >= 0.3 is 6.03 Å². The third kappa shape index (κ3) is 1.08. The molecule has 3 heteroatoms. The zero-order valence-corrected chi connectivity index (χ0v) is 7.77. The summed E-state index contributed by atoms with van der Waals surface area (Å²) in [6.45, 7) is 2.01. The van der Waals surface area contributed by atoms with Crippen LogP contribution >= 0.6 is 0 Å². The number of carbonyl (C=O) groups is 1. The van der Waals surface area contributed by atoms with E-state index in [1.807, 2.05) is 44.3 Å². The minimum atomic E-state index is 0.0682. The molecule has 68 valence electrons. The molecular weight excluding hydrogens is 164 g/mol. The Balaban J connectivity index is 2.25. The van der Waals surface area contributed by atoms with E-state index in [0.717, 1.165) is 5.69 Å². The zero-order valence-electron chi connectivity index (χ0n) is 7.77. The smallest absolute Gasteiger partial charge is 0.307 e. The molecule has 0 aliphatic carbocycles. The number of hydrogen-bond donors (Lipinski definition) is 0. The van der Waals surface area contributed by atoms with E-state index in [1.54, 1.807) is 9.80 Å². The highest BCUT2D eigenvalue weighted by Gasteiger charge is 2.38. The first-order valence-electron chi connectivity index (χ1n) is 4.33. The average Bonchev–Trinajstić information content (AvgIpc) is 2.19. The van der Waals surface area contributed by atoms with E-state index in [-0.39, 0.29) is 12.2 Å². The third-order valence-corrected chi connectivity index (χ3v) is 2.48. The maximum atomic E-state index is 11.4. The summed E-state index contributed by atoms with van der Waals surface area (Å²) in [7, 11) is 1.81. The number of anilines is 1. The highest BCUT2D eigenvalue weighted by Crippen LogP contribution is 2.26. The van der Waals surface area contributed by atoms with Crippen LogP contribution in [0.25, 0.3) is 0 Å². The highest BCUT2D eigenvalue weighted by molar-refractivity contribution is 5.98. The van der Waals surface area contributed by atoms with Crippen molar-refractivity contribution in [3.8, 4) is 0 Å². The van der Waals surface area contributed by atoms with E-state index < -0.39 is 0 Å². The van der Waals surface area contributed by atoms with E-state index in [9.17, 15) is 4.79 Å². The number of rotatable bonds is 1. The van der Waals surface area contributed by atoms with Crippen LogP contribution in [0, 0.1) is 0 Å². The second-order valence-corrected chi connectivity index (χ2v) is 3.23. The van der Waals surface area contributed by atoms with Crippen LogP contribution in [0.1, 0.15) is 6.92 Å². The summed E-state index contributed by atoms with van der Waals surface area (Å²) in [5.74, 6) is 0. The van der Waals surface area contributed by atoms with Gasteiger partial charge in [-0.15, -0.1) is 0 Å². The zero-order chi connectivity index (χ0) is 9.42. The molecule has 1 unspecified atom stereocenters. The first-order valence-corrected chi connectivity index (χ1v) is 4.33. The van der Waals surface area contributed by atoms with Crippen molar-refractivity contribution in [3.05, 3.63) is 30.3 Å². The molecule has 1 heterocycles. The van der Waals surface area contributed by atoms with Gasteiger partial charge in [-0.3, -0.25) is 4.90 Å². The van der Waals surface area contributed by atoms with Crippen molar-refractivity contribution >= 4 is 11.7 Å². The van der Waals surface area contributed by atoms with Crippen LogP contribution < -0.4 is 4.90 Å². The Morgan fingerprint density at radius 3 is 2.38 bits per heavy atom. The van der Waals surface area contributed by atoms with Crippen LogP contribution in [0.5, 0.6) is 0 Å². The topological polar surface area (TPSA) is 23.6 Å². The summed E-state index contributed by atoms with van der Waals surface area (Å²) in [6.07, 6.45) is 0.176. The Labute approximate surface area is 77.6 Å². The molecule has 0 N–H and O–H groups in total. The Bertz CT molecular complexity index is 323. The van der Waals surface area contributed by atoms with E-state index in [2.05, 4.69) is 0 Å². The lowest BCUT2D eigenvalue weighted by molar-refractivity contribution is 0.159. The van der Waals surface area contributed by atoms with E-state index >= 15 is 0 Å². The fraction of sp³-hybridized carbons (Fsp3) is 0.300. The van der Waals surface area contributed by atoms with Crippen molar-refractivity contribution in [2.24, 2.45) is 0 Å². The predicted molar refractivity (Wildman–Crippen MR) is 51.5 cm³/mol. The molecule has 0 spiro atoms. The number of hydrogen-bond acceptors (Lipinski definition) is 1. The minimum Gasteiger partial charge on any atom is -0.307 e. The SMILES string of the molecule is CC1N(C)C(=O)N1c1ccccc1. The van der Waals surface area contributed by atoms with Crippen molar-refractivity contribution in [3.63, 3.8) is 0 Å². The number of benzene rings is 1. The number of nitrogens with zero attached hydrogens (tertiary/aromatic N) is 2. The second kappa shape index (κ2) is 2.76. The molecule has 13 heavy (non-hydrogen) atoms. The molecule has 3 nitrogen and oxygen atoms in total. The van der Waals surface area contributed by atoms with Gasteiger partial charge in [-0.25, -0.2) is 4.79 Å². The van der Waals surface area contributed by atoms with Crippen LogP contribution in [-0.2, 0) is 0 Å². The number of urea groups is 1. The lowest BCUT2D eigenvalue weighted by atomic mass is 10.2. The van der Waals surface area contributed by atoms with E-state index in [0.29, 0.717) is 0 Å². The summed E-state index contributed by atoms with van der Waals surface area (Å²) >= 11 is 0. The van der Waals surface area contributed by atoms with Crippen LogP contribution in [0.15, 0.2) is 30.3 Å². The van der Waals surface area contributed by atoms with Gasteiger partial charge < -0.3 is 4.90 Å². The van der Waals surface area contributed by atoms with Crippen molar-refractivity contribution in [2.45, 2.75) is 13.1 Å². The fourth-order valence-electron chi connectivity index (χ4n) is 1.52. The minimum absolute atomic E-state index is 0.0682. The molecule has 0 radical (unpaired) electrons. The third-order valence-electron chi connectivity index (χ3n) is 2.48. The molecule has 1 atom stereocenters. The fourth-order valence-corrected chi connectivity index (χ4v) is 1.52. The van der Waals surface area contributed by atoms with Crippen LogP contribution in [0.4, 0.5) is 10.5 Å². The van der Waals surface area contributed by atoms with Gasteiger partial charge in [-0.1, -0.05) is 18.2 Å². The van der Waals surface area contributed by atoms with Gasteiger partial charge in [0.1, 0.15) is 6.17 Å². The van der Waals surface area contributed by atoms with Crippen molar-refractivity contribution in [1.82, 2.24) is 4.90 Å². The molecule has 1 saturated heterocycles. The number of para-hydroxylation sites is 1. The van der Waals surface area contributed by atoms with Crippen molar-refractivity contribution < 1.29 is 4.79 Å². The lowest BCUT2D eigenvalue weighted by Crippen LogP contribution is -2.65. The van der Waals surface area contributed by atoms with Gasteiger partial charge in [0.25, 0.3) is 0 Å². The van der Waals surface area contributed by atoms with Crippen LogP contribution in [-0.4, -0.2) is 24.1 Å². The Hall–Kier alpha value is -1.51. The van der Waals surface area contributed by atoms with Crippen LogP contribution in [0.3, 0.4) is 0 Å². The maximum absolute atomic E-state index is 11.4. The molecule has 1 aliphatic rings. The second-order valence-electron chi connectivity index (χ2n) is 3.23. The van der Waals surface area contributed by atoms with E-state index in [4.69, 9.17) is 0 Å². The van der Waals surface area contributed by atoms with Gasteiger partial charge in [0.2, 0.25) is 0 Å². The summed E-state index contributed by atoms with van der Waals surface area (Å²) in [4.78, 5) is 14.9. The summed E-state index contributed by atoms with van der Waals surface area (Å²) in [5, 5.41) is 0. The summed E-state index contributed by atoms with van der Waals surface area (Å²) in [5.41, 5.74) is 0.970. The van der Waals surface area contributed by atoms with Gasteiger partial charge in [0.15, 0.2) is 0 Å². The Morgan fingerprint density at radius 2 is 1.85 bits per heavy atom. The predicted octanol–water partition coefficient (Wildman–Crippen LogP) is 1.90. The molecule has 1 aromatic rings. The van der Waals surface area contributed by atoms with Crippen molar-refractivity contribution in [2.75, 3.05) is 11.9 Å². The first-order chi connectivity index (χ1) is 6.22. The molecule has 1 fully saturated rings. The largest absolute Gasteiger partial charge is 0.327 e. The molecule has 2 amide bonds. The average molecular weight is 176 g/mol. The molecule has 0 aromatic heterocycles. The Morgan fingerprint density at radius 1 is 1.23 bits per heavy atom. The molecule has 1 aromatic carbocycles. The Kier molecular flexibility index (Phi) is 1.72. The van der Waals surface area contributed by atoms with Crippen LogP contribution in [0.2, 0.25) is 0 Å². The van der Waals surface area contributed by atoms with Gasteiger partial charge in [0.05, 0.1) is 0 Å². The lowest BCUT2D eigenvalue weighted by Gasteiger charge is -2.46. The standard InChI is InChI=1S/C10H12N2O/c1-8-11(2)10(13)12(8)9-6-4-3-5-7-9/h3-8H,1-2H3. The number of amides is 2. The molecule has 1 aliphatic heterocycles. The summed E-state index contributed by atoms with van der Waals surface area (Å²) < 4.78 is 0. The molecule has 0 bridgehead atoms. The monoisotopic (exact) mass is 176 g/mol. The normalized spacial score (nSPS) is 21.7. The van der Waals surface area contributed by atoms with E-state index in [1.165, 1.54) is 0 Å². The molecular formula is C10H12N2O. The van der Waals surface area contributed by atoms with Gasteiger partial charge in [0, 0.05) is 12.7 Å². The highest BCUT2D eigenvalue weighted by atomic mass is 16.2.